The zero-order valence-electron chi connectivity index (χ0n) is 13.9. The number of aromatic nitrogens is 1. The molecule has 2 amide bonds. The lowest BCUT2D eigenvalue weighted by Gasteiger charge is -2.24. The second kappa shape index (κ2) is 7.21. The molecule has 1 unspecified atom stereocenters. The number of nitrogens with zero attached hydrogens (tertiary/aromatic N) is 2. The van der Waals surface area contributed by atoms with Crippen molar-refractivity contribution in [3.05, 3.63) is 53.9 Å². The Morgan fingerprint density at radius 1 is 1.25 bits per heavy atom. The van der Waals surface area contributed by atoms with E-state index >= 15 is 0 Å². The Morgan fingerprint density at radius 3 is 2.75 bits per heavy atom. The van der Waals surface area contributed by atoms with Gasteiger partial charge in [0.1, 0.15) is 0 Å². The molecule has 1 aromatic heterocycles. The van der Waals surface area contributed by atoms with Crippen molar-refractivity contribution >= 4 is 6.03 Å². The van der Waals surface area contributed by atoms with Gasteiger partial charge >= 0.3 is 6.03 Å². The molecule has 1 atom stereocenters. The Balaban J connectivity index is 1.64. The Hall–Kier alpha value is -2.76. The van der Waals surface area contributed by atoms with Crippen LogP contribution in [0.1, 0.15) is 31.0 Å². The van der Waals surface area contributed by atoms with Crippen molar-refractivity contribution in [2.75, 3.05) is 13.3 Å². The van der Waals surface area contributed by atoms with Crippen LogP contribution < -0.4 is 14.8 Å². The first-order chi connectivity index (χ1) is 11.7. The number of rotatable bonds is 5. The third kappa shape index (κ3) is 3.59. The van der Waals surface area contributed by atoms with E-state index in [1.54, 1.807) is 17.3 Å². The molecule has 6 heteroatoms. The maximum absolute atomic E-state index is 12.5. The number of urea groups is 1. The average molecular weight is 327 g/mol. The molecule has 0 radical (unpaired) electrons. The molecule has 1 aliphatic heterocycles. The number of hydrogen-bond acceptors (Lipinski definition) is 4. The van der Waals surface area contributed by atoms with E-state index in [4.69, 9.17) is 9.47 Å². The predicted octanol–water partition coefficient (Wildman–Crippen LogP) is 3.10. The number of carbonyl (C=O) groups is 1. The summed E-state index contributed by atoms with van der Waals surface area (Å²) in [5.74, 6) is 1.48. The molecule has 24 heavy (non-hydrogen) atoms. The molecule has 126 valence electrons. The van der Waals surface area contributed by atoms with Gasteiger partial charge in [-0.25, -0.2) is 4.79 Å². The molecule has 2 aromatic rings. The van der Waals surface area contributed by atoms with E-state index in [0.717, 1.165) is 22.6 Å². The molecule has 2 heterocycles. The summed E-state index contributed by atoms with van der Waals surface area (Å²) >= 11 is 0. The SMILES string of the molecule is CCN(Cc1ccc2c(c1)OCO2)C(=O)NC(C)c1ccncc1. The lowest BCUT2D eigenvalue weighted by Crippen LogP contribution is -2.40. The highest BCUT2D eigenvalue weighted by Crippen LogP contribution is 2.32. The molecule has 0 saturated heterocycles. The number of carbonyl (C=O) groups excluding carboxylic acids is 1. The Kier molecular flexibility index (Phi) is 4.84. The third-order valence-electron chi connectivity index (χ3n) is 4.03. The van der Waals surface area contributed by atoms with E-state index in [0.29, 0.717) is 13.1 Å². The van der Waals surface area contributed by atoms with Gasteiger partial charge in [-0.05, 0) is 49.2 Å². The first kappa shape index (κ1) is 16.1. The quantitative estimate of drug-likeness (QED) is 0.916. The van der Waals surface area contributed by atoms with Gasteiger partial charge in [-0.3, -0.25) is 4.98 Å². The van der Waals surface area contributed by atoms with Crippen molar-refractivity contribution in [1.29, 1.82) is 0 Å². The summed E-state index contributed by atoms with van der Waals surface area (Å²) in [4.78, 5) is 18.3. The van der Waals surface area contributed by atoms with Crippen LogP contribution in [0.15, 0.2) is 42.7 Å². The van der Waals surface area contributed by atoms with Crippen LogP contribution in [-0.4, -0.2) is 29.3 Å². The first-order valence-electron chi connectivity index (χ1n) is 8.01. The van der Waals surface area contributed by atoms with Gasteiger partial charge in [-0.15, -0.1) is 0 Å². The summed E-state index contributed by atoms with van der Waals surface area (Å²) in [5, 5.41) is 3.02. The number of fused-ring (bicyclic) bond motifs is 1. The third-order valence-corrected chi connectivity index (χ3v) is 4.03. The molecule has 0 fully saturated rings. The smallest absolute Gasteiger partial charge is 0.318 e. The Labute approximate surface area is 141 Å². The van der Waals surface area contributed by atoms with Crippen molar-refractivity contribution in [1.82, 2.24) is 15.2 Å². The number of benzene rings is 1. The van der Waals surface area contributed by atoms with Gasteiger partial charge in [0.05, 0.1) is 6.04 Å². The summed E-state index contributed by atoms with van der Waals surface area (Å²) in [6, 6.07) is 9.38. The fourth-order valence-corrected chi connectivity index (χ4v) is 2.60. The van der Waals surface area contributed by atoms with Crippen molar-refractivity contribution in [3.63, 3.8) is 0 Å². The van der Waals surface area contributed by atoms with E-state index in [-0.39, 0.29) is 18.9 Å². The van der Waals surface area contributed by atoms with Crippen LogP contribution in [-0.2, 0) is 6.54 Å². The van der Waals surface area contributed by atoms with Crippen molar-refractivity contribution in [3.8, 4) is 11.5 Å². The second-order valence-corrected chi connectivity index (χ2v) is 5.65. The number of amides is 2. The summed E-state index contributed by atoms with van der Waals surface area (Å²) in [6.45, 7) is 5.30. The van der Waals surface area contributed by atoms with Crippen molar-refractivity contribution in [2.24, 2.45) is 0 Å². The highest BCUT2D eigenvalue weighted by molar-refractivity contribution is 5.74. The summed E-state index contributed by atoms with van der Waals surface area (Å²) in [7, 11) is 0. The van der Waals surface area contributed by atoms with E-state index in [2.05, 4.69) is 10.3 Å². The zero-order valence-corrected chi connectivity index (χ0v) is 13.9. The molecule has 0 bridgehead atoms. The van der Waals surface area contributed by atoms with Crippen LogP contribution in [0.5, 0.6) is 11.5 Å². The van der Waals surface area contributed by atoms with Gasteiger partial charge in [0.2, 0.25) is 6.79 Å². The molecule has 3 rings (SSSR count). The number of pyridine rings is 1. The van der Waals surface area contributed by atoms with Crippen LogP contribution in [0.25, 0.3) is 0 Å². The number of ether oxygens (including phenoxy) is 2. The van der Waals surface area contributed by atoms with Crippen LogP contribution in [0.2, 0.25) is 0 Å². The average Bonchev–Trinajstić information content (AvgIpc) is 3.08. The van der Waals surface area contributed by atoms with Crippen LogP contribution >= 0.6 is 0 Å². The molecule has 1 N–H and O–H groups in total. The largest absolute Gasteiger partial charge is 0.454 e. The Bertz CT molecular complexity index is 706. The van der Waals surface area contributed by atoms with Crippen molar-refractivity contribution in [2.45, 2.75) is 26.4 Å². The minimum Gasteiger partial charge on any atom is -0.454 e. The van der Waals surface area contributed by atoms with Crippen molar-refractivity contribution < 1.29 is 14.3 Å². The molecule has 1 aromatic carbocycles. The van der Waals surface area contributed by atoms with Crippen LogP contribution in [0.3, 0.4) is 0 Å². The van der Waals surface area contributed by atoms with Gasteiger partial charge < -0.3 is 19.7 Å². The topological polar surface area (TPSA) is 63.7 Å². The maximum Gasteiger partial charge on any atom is 0.318 e. The van der Waals surface area contributed by atoms with E-state index in [1.807, 2.05) is 44.2 Å². The molecule has 0 saturated carbocycles. The summed E-state index contributed by atoms with van der Waals surface area (Å²) in [5.41, 5.74) is 2.03. The Morgan fingerprint density at radius 2 is 2.00 bits per heavy atom. The lowest BCUT2D eigenvalue weighted by atomic mass is 10.1. The summed E-state index contributed by atoms with van der Waals surface area (Å²) in [6.07, 6.45) is 3.45. The van der Waals surface area contributed by atoms with E-state index < -0.39 is 0 Å². The van der Waals surface area contributed by atoms with Gasteiger partial charge in [-0.2, -0.15) is 0 Å². The van der Waals surface area contributed by atoms with Gasteiger partial charge in [0.15, 0.2) is 11.5 Å². The number of hydrogen-bond donors (Lipinski definition) is 1. The van der Waals surface area contributed by atoms with E-state index in [9.17, 15) is 4.79 Å². The molecule has 0 aliphatic carbocycles. The fourth-order valence-electron chi connectivity index (χ4n) is 2.60. The lowest BCUT2D eigenvalue weighted by molar-refractivity contribution is 0.173. The highest BCUT2D eigenvalue weighted by Gasteiger charge is 2.18. The molecular formula is C18H21N3O3. The zero-order chi connectivity index (χ0) is 16.9. The van der Waals surface area contributed by atoms with Crippen LogP contribution in [0.4, 0.5) is 4.79 Å². The predicted molar refractivity (Wildman–Crippen MR) is 89.8 cm³/mol. The maximum atomic E-state index is 12.5. The monoisotopic (exact) mass is 327 g/mol. The molecule has 6 nitrogen and oxygen atoms in total. The standard InChI is InChI=1S/C18H21N3O3/c1-3-21(11-14-4-5-16-17(10-14)24-12-23-16)18(22)20-13(2)15-6-8-19-9-7-15/h4-10,13H,3,11-12H2,1-2H3,(H,20,22). The molecule has 0 spiro atoms. The van der Waals surface area contributed by atoms with Gasteiger partial charge in [0, 0.05) is 25.5 Å². The summed E-state index contributed by atoms with van der Waals surface area (Å²) < 4.78 is 10.7. The molecular weight excluding hydrogens is 306 g/mol. The van der Waals surface area contributed by atoms with Gasteiger partial charge in [0.25, 0.3) is 0 Å². The van der Waals surface area contributed by atoms with E-state index in [1.165, 1.54) is 0 Å². The first-order valence-corrected chi connectivity index (χ1v) is 8.01. The van der Waals surface area contributed by atoms with Crippen LogP contribution in [0, 0.1) is 0 Å². The molecule has 1 aliphatic rings. The minimum atomic E-state index is -0.0977. The number of nitrogens with one attached hydrogen (secondary N) is 1. The highest BCUT2D eigenvalue weighted by atomic mass is 16.7. The normalized spacial score (nSPS) is 13.4. The fraction of sp³-hybridized carbons (Fsp3) is 0.333. The second-order valence-electron chi connectivity index (χ2n) is 5.65. The van der Waals surface area contributed by atoms with Gasteiger partial charge in [-0.1, -0.05) is 6.07 Å². The minimum absolute atomic E-state index is 0.0775.